The Morgan fingerprint density at radius 2 is 0.774 bits per heavy atom. The molecule has 0 aliphatic heterocycles. The molecule has 0 heterocycles. The summed E-state index contributed by atoms with van der Waals surface area (Å²) in [5, 5.41) is 9.09. The fraction of sp³-hybridized carbons (Fsp3) is 0.481. The zero-order chi connectivity index (χ0) is 44.8. The Morgan fingerprint density at radius 3 is 1.06 bits per heavy atom. The van der Waals surface area contributed by atoms with Crippen molar-refractivity contribution in [3.05, 3.63) is 156 Å². The van der Waals surface area contributed by atoms with Crippen LogP contribution in [-0.2, 0) is 8.85 Å². The first-order valence-electron chi connectivity index (χ1n) is 23.6. The Labute approximate surface area is 379 Å². The number of nitrogens with zero attached hydrogens (tertiary/aromatic N) is 3. The van der Waals surface area contributed by atoms with Crippen molar-refractivity contribution in [2.45, 2.75) is 142 Å². The van der Waals surface area contributed by atoms with E-state index in [0.717, 1.165) is 71.1 Å². The number of hydrogen-bond acceptors (Lipinski definition) is 4. The molecule has 6 nitrogen and oxygen atoms in total. The van der Waals surface area contributed by atoms with E-state index >= 15 is 0 Å². The lowest BCUT2D eigenvalue weighted by Gasteiger charge is -2.43. The summed E-state index contributed by atoms with van der Waals surface area (Å²) in [6.07, 6.45) is 25.1. The van der Waals surface area contributed by atoms with Gasteiger partial charge in [-0.3, -0.25) is 0 Å². The van der Waals surface area contributed by atoms with Crippen molar-refractivity contribution in [3.8, 4) is 0 Å². The van der Waals surface area contributed by atoms with Crippen molar-refractivity contribution in [1.82, 2.24) is 0 Å². The average Bonchev–Trinajstić information content (AvgIpc) is 3.27. The second-order valence-electron chi connectivity index (χ2n) is 18.4. The Balaban J connectivity index is 0.000000331. The minimum absolute atomic E-state index is 0.0387. The number of hydrogen-bond donors (Lipinski definition) is 1. The van der Waals surface area contributed by atoms with Crippen LogP contribution in [0.1, 0.15) is 131 Å². The van der Waals surface area contributed by atoms with E-state index in [-0.39, 0.29) is 10.1 Å². The summed E-state index contributed by atoms with van der Waals surface area (Å²) in [5.74, 6) is 0. The molecule has 62 heavy (non-hydrogen) atoms. The van der Waals surface area contributed by atoms with E-state index in [1.807, 2.05) is 0 Å². The van der Waals surface area contributed by atoms with Crippen LogP contribution in [-0.4, -0.2) is 42.9 Å². The van der Waals surface area contributed by atoms with Gasteiger partial charge in [-0.1, -0.05) is 205 Å². The molecule has 0 bridgehead atoms. The third kappa shape index (κ3) is 16.9. The molecule has 4 aromatic rings. The second-order valence-corrected chi connectivity index (χ2v) is 27.0. The zero-order valence-corrected chi connectivity index (χ0v) is 41.3. The van der Waals surface area contributed by atoms with Crippen molar-refractivity contribution in [3.63, 3.8) is 0 Å². The average molecular weight is 873 g/mol. The lowest BCUT2D eigenvalue weighted by molar-refractivity contribution is 0.287. The summed E-state index contributed by atoms with van der Waals surface area (Å²) in [6, 6.07) is 43.6. The molecule has 0 aliphatic carbocycles. The van der Waals surface area contributed by atoms with Gasteiger partial charge in [0.1, 0.15) is 0 Å². The van der Waals surface area contributed by atoms with Crippen LogP contribution in [0.3, 0.4) is 0 Å². The van der Waals surface area contributed by atoms with E-state index in [2.05, 4.69) is 197 Å². The zero-order valence-electron chi connectivity index (χ0n) is 39.3. The van der Waals surface area contributed by atoms with Crippen LogP contribution < -0.4 is 26.5 Å². The minimum atomic E-state index is -2.39. The number of azide groups is 1. The highest BCUT2D eigenvalue weighted by atomic mass is 28.4. The first-order chi connectivity index (χ1) is 30.0. The SMILES string of the molecule is CC(C)(C)[Si](OCCCCC/C=C\CCCCN)(c1ccccc1)c1ccccc1.CC(C)(C)[Si](OCCCCC/C=C\CCCCN=[N+]=[N-])(c1ccccc1)c1ccccc1. The van der Waals surface area contributed by atoms with E-state index in [9.17, 15) is 0 Å². The molecule has 0 atom stereocenters. The van der Waals surface area contributed by atoms with Gasteiger partial charge in [0.2, 0.25) is 0 Å². The van der Waals surface area contributed by atoms with Gasteiger partial charge in [-0.2, -0.15) is 0 Å². The monoisotopic (exact) mass is 873 g/mol. The van der Waals surface area contributed by atoms with Crippen molar-refractivity contribution in [2.24, 2.45) is 10.8 Å². The highest BCUT2D eigenvalue weighted by Crippen LogP contribution is 2.38. The van der Waals surface area contributed by atoms with Crippen LogP contribution in [0.2, 0.25) is 10.1 Å². The van der Waals surface area contributed by atoms with Crippen LogP contribution >= 0.6 is 0 Å². The predicted molar refractivity (Wildman–Crippen MR) is 273 cm³/mol. The molecule has 0 saturated carbocycles. The standard InChI is InChI=1S/C27H39N3OSi.C27H41NOSi/c1-27(2,3)32(25-19-13-11-14-20-25,26-21-15-12-16-22-26)31-24-18-10-8-6-4-5-7-9-17-23-29-30-28;1-27(2,3)30(25-19-13-11-14-20-25,26-21-15-12-16-22-26)29-24-18-10-8-6-4-5-7-9-17-23-28/h4-5,11-16,19-22H,6-10,17-18,23-24H2,1-3H3;4-5,11-16,19-22H,6-10,17-18,23-24,28H2,1-3H3/b2*5-4-. The highest BCUT2D eigenvalue weighted by Gasteiger charge is 2.51. The molecule has 0 radical (unpaired) electrons. The van der Waals surface area contributed by atoms with E-state index in [1.54, 1.807) is 0 Å². The Hall–Kier alpha value is -4.02. The van der Waals surface area contributed by atoms with Crippen molar-refractivity contribution < 1.29 is 8.85 Å². The molecule has 4 rings (SSSR count). The van der Waals surface area contributed by atoms with E-state index in [1.165, 1.54) is 59.3 Å². The molecule has 0 fully saturated rings. The fourth-order valence-corrected chi connectivity index (χ4v) is 17.6. The number of benzene rings is 4. The van der Waals surface area contributed by atoms with Crippen molar-refractivity contribution >= 4 is 37.4 Å². The van der Waals surface area contributed by atoms with Gasteiger partial charge in [-0.25, -0.2) is 0 Å². The molecule has 336 valence electrons. The number of allylic oxidation sites excluding steroid dienone is 4. The van der Waals surface area contributed by atoms with Crippen LogP contribution in [0, 0.1) is 0 Å². The second kappa shape index (κ2) is 29.4. The number of nitrogens with two attached hydrogens (primary N) is 1. The maximum Gasteiger partial charge on any atom is 0.261 e. The summed E-state index contributed by atoms with van der Waals surface area (Å²) in [7, 11) is -4.76. The molecule has 4 aromatic carbocycles. The van der Waals surface area contributed by atoms with Gasteiger partial charge in [0.05, 0.1) is 0 Å². The molecule has 0 unspecified atom stereocenters. The minimum Gasteiger partial charge on any atom is -0.407 e. The van der Waals surface area contributed by atoms with Crippen molar-refractivity contribution in [1.29, 1.82) is 0 Å². The van der Waals surface area contributed by atoms with Crippen LogP contribution in [0.15, 0.2) is 151 Å². The van der Waals surface area contributed by atoms with E-state index < -0.39 is 16.6 Å². The van der Waals surface area contributed by atoms with Gasteiger partial charge in [0, 0.05) is 24.7 Å². The van der Waals surface area contributed by atoms with Crippen LogP contribution in [0.5, 0.6) is 0 Å². The summed E-state index contributed by atoms with van der Waals surface area (Å²) < 4.78 is 13.9. The molecule has 0 spiro atoms. The molecule has 0 saturated heterocycles. The van der Waals surface area contributed by atoms with Gasteiger partial charge < -0.3 is 14.6 Å². The summed E-state index contributed by atoms with van der Waals surface area (Å²) in [4.78, 5) is 2.78. The smallest absolute Gasteiger partial charge is 0.261 e. The summed E-state index contributed by atoms with van der Waals surface area (Å²) in [6.45, 7) is 17.1. The molecule has 0 aromatic heterocycles. The normalized spacial score (nSPS) is 12.3. The van der Waals surface area contributed by atoms with Gasteiger partial charge in [0.15, 0.2) is 0 Å². The number of unbranched alkanes of at least 4 members (excludes halogenated alkanes) is 10. The Bertz CT molecular complexity index is 1760. The molecule has 0 amide bonds. The molecule has 0 aliphatic rings. The first kappa shape index (κ1) is 52.3. The van der Waals surface area contributed by atoms with Crippen LogP contribution in [0.25, 0.3) is 10.4 Å². The van der Waals surface area contributed by atoms with Crippen LogP contribution in [0.4, 0.5) is 0 Å². The Morgan fingerprint density at radius 1 is 0.468 bits per heavy atom. The number of rotatable bonds is 27. The van der Waals surface area contributed by atoms with Gasteiger partial charge >= 0.3 is 0 Å². The topological polar surface area (TPSA) is 93.2 Å². The van der Waals surface area contributed by atoms with Gasteiger partial charge in [-0.05, 0) is 120 Å². The maximum absolute atomic E-state index is 8.27. The predicted octanol–water partition coefficient (Wildman–Crippen LogP) is 13.0. The molecule has 2 N–H and O–H groups in total. The maximum atomic E-state index is 8.27. The lowest BCUT2D eigenvalue weighted by Crippen LogP contribution is -2.66. The summed E-state index contributed by atoms with van der Waals surface area (Å²) in [5.41, 5.74) is 13.8. The van der Waals surface area contributed by atoms with E-state index in [4.69, 9.17) is 20.1 Å². The highest BCUT2D eigenvalue weighted by molar-refractivity contribution is 7.00. The molecular weight excluding hydrogens is 793 g/mol. The third-order valence-electron chi connectivity index (χ3n) is 11.6. The Kier molecular flexibility index (Phi) is 24.8. The lowest BCUT2D eigenvalue weighted by atomic mass is 10.1. The van der Waals surface area contributed by atoms with Gasteiger partial charge in [0.25, 0.3) is 16.6 Å². The van der Waals surface area contributed by atoms with E-state index in [0.29, 0.717) is 6.54 Å². The van der Waals surface area contributed by atoms with Crippen molar-refractivity contribution in [2.75, 3.05) is 26.3 Å². The summed E-state index contributed by atoms with van der Waals surface area (Å²) >= 11 is 0. The molecular formula is C54H80N4O2Si2. The quantitative estimate of drug-likeness (QED) is 0.0161. The van der Waals surface area contributed by atoms with Gasteiger partial charge in [-0.15, -0.1) is 0 Å². The third-order valence-corrected chi connectivity index (χ3v) is 21.7. The first-order valence-corrected chi connectivity index (χ1v) is 27.4. The molecule has 8 heteroatoms. The fourth-order valence-electron chi connectivity index (χ4n) is 8.42. The largest absolute Gasteiger partial charge is 0.407 e.